The van der Waals surface area contributed by atoms with Gasteiger partial charge in [-0.2, -0.15) is 5.26 Å². The molecule has 0 aliphatic heterocycles. The molecule has 2 aromatic rings. The number of ketones is 1. The molecule has 0 atom stereocenters. The Morgan fingerprint density at radius 1 is 1.07 bits per heavy atom. The van der Waals surface area contributed by atoms with Gasteiger partial charge in [-0.25, -0.2) is 0 Å². The van der Waals surface area contributed by atoms with Crippen LogP contribution >= 0.6 is 0 Å². The first-order valence-corrected chi connectivity index (χ1v) is 8.73. The minimum Gasteiger partial charge on any atom is -0.494 e. The van der Waals surface area contributed by atoms with Crippen molar-refractivity contribution in [2.45, 2.75) is 19.8 Å². The van der Waals surface area contributed by atoms with Gasteiger partial charge in [-0.05, 0) is 49.4 Å². The molecule has 0 bridgehead atoms. The van der Waals surface area contributed by atoms with Crippen molar-refractivity contribution in [3.05, 3.63) is 59.7 Å². The molecule has 2 rings (SSSR count). The minimum atomic E-state index is -0.639. The number of nitrogens with zero attached hydrogens (tertiary/aromatic N) is 1. The zero-order valence-corrected chi connectivity index (χ0v) is 15.4. The molecule has 0 aliphatic rings. The van der Waals surface area contributed by atoms with Crippen LogP contribution in [0.3, 0.4) is 0 Å². The van der Waals surface area contributed by atoms with Crippen molar-refractivity contribution in [2.24, 2.45) is 0 Å². The SMILES string of the molecule is CCOc1ccc(C(=O)CCC(=O)OCC(=O)Nc2cccc(C#N)c2)cc1. The van der Waals surface area contributed by atoms with Crippen LogP contribution in [0.15, 0.2) is 48.5 Å². The van der Waals surface area contributed by atoms with Gasteiger partial charge in [0, 0.05) is 17.7 Å². The highest BCUT2D eigenvalue weighted by atomic mass is 16.5. The summed E-state index contributed by atoms with van der Waals surface area (Å²) in [6, 6.07) is 15.0. The summed E-state index contributed by atoms with van der Waals surface area (Å²) in [7, 11) is 0. The number of carbonyl (C=O) groups is 3. The van der Waals surface area contributed by atoms with Crippen LogP contribution < -0.4 is 10.1 Å². The normalized spacial score (nSPS) is 9.86. The first-order valence-electron chi connectivity index (χ1n) is 8.73. The van der Waals surface area contributed by atoms with E-state index in [0.29, 0.717) is 29.2 Å². The number of hydrogen-bond acceptors (Lipinski definition) is 6. The summed E-state index contributed by atoms with van der Waals surface area (Å²) in [6.45, 7) is 1.94. The van der Waals surface area contributed by atoms with Gasteiger partial charge in [0.05, 0.1) is 24.7 Å². The maximum atomic E-state index is 12.1. The Hall–Kier alpha value is -3.66. The summed E-state index contributed by atoms with van der Waals surface area (Å²) in [4.78, 5) is 35.7. The van der Waals surface area contributed by atoms with Crippen molar-refractivity contribution in [3.8, 4) is 11.8 Å². The second-order valence-electron chi connectivity index (χ2n) is 5.78. The maximum absolute atomic E-state index is 12.1. The third kappa shape index (κ3) is 6.57. The number of nitrogens with one attached hydrogen (secondary N) is 1. The van der Waals surface area contributed by atoms with Crippen molar-refractivity contribution in [3.63, 3.8) is 0 Å². The highest BCUT2D eigenvalue weighted by Crippen LogP contribution is 2.14. The lowest BCUT2D eigenvalue weighted by Gasteiger charge is -2.07. The summed E-state index contributed by atoms with van der Waals surface area (Å²) in [5, 5.41) is 11.4. The monoisotopic (exact) mass is 380 g/mol. The van der Waals surface area contributed by atoms with Gasteiger partial charge >= 0.3 is 5.97 Å². The third-order valence-corrected chi connectivity index (χ3v) is 3.68. The topological polar surface area (TPSA) is 105 Å². The zero-order valence-electron chi connectivity index (χ0n) is 15.4. The van der Waals surface area contributed by atoms with Crippen LogP contribution in [0.1, 0.15) is 35.7 Å². The number of benzene rings is 2. The lowest BCUT2D eigenvalue weighted by Crippen LogP contribution is -2.21. The Labute approximate surface area is 162 Å². The Morgan fingerprint density at radius 3 is 2.50 bits per heavy atom. The number of rotatable bonds is 9. The molecular weight excluding hydrogens is 360 g/mol. The Balaban J connectivity index is 1.73. The second-order valence-corrected chi connectivity index (χ2v) is 5.78. The van der Waals surface area contributed by atoms with Crippen molar-refractivity contribution < 1.29 is 23.9 Å². The summed E-state index contributed by atoms with van der Waals surface area (Å²) in [5.41, 5.74) is 1.32. The fraction of sp³-hybridized carbons (Fsp3) is 0.238. The number of anilines is 1. The molecule has 0 spiro atoms. The quantitative estimate of drug-likeness (QED) is 0.529. The van der Waals surface area contributed by atoms with Crippen LogP contribution in [-0.4, -0.2) is 30.9 Å². The van der Waals surface area contributed by atoms with E-state index in [2.05, 4.69) is 5.32 Å². The van der Waals surface area contributed by atoms with Gasteiger partial charge in [-0.3, -0.25) is 14.4 Å². The van der Waals surface area contributed by atoms with Crippen LogP contribution in [-0.2, 0) is 14.3 Å². The minimum absolute atomic E-state index is 0.0152. The molecule has 0 aliphatic carbocycles. The molecule has 0 unspecified atom stereocenters. The smallest absolute Gasteiger partial charge is 0.306 e. The van der Waals surface area contributed by atoms with Crippen LogP contribution in [0.25, 0.3) is 0 Å². The molecule has 0 saturated carbocycles. The van der Waals surface area contributed by atoms with Crippen LogP contribution in [0.5, 0.6) is 5.75 Å². The van der Waals surface area contributed by atoms with E-state index in [1.54, 1.807) is 42.5 Å². The van der Waals surface area contributed by atoms with Crippen molar-refractivity contribution >= 4 is 23.3 Å². The van der Waals surface area contributed by atoms with E-state index in [1.807, 2.05) is 13.0 Å². The lowest BCUT2D eigenvalue weighted by atomic mass is 10.1. The number of Topliss-reactive ketones (excluding diaryl/α,β-unsaturated/α-hetero) is 1. The van der Waals surface area contributed by atoms with E-state index in [4.69, 9.17) is 14.7 Å². The Bertz CT molecular complexity index is 884. The van der Waals surface area contributed by atoms with Gasteiger partial charge in [0.2, 0.25) is 0 Å². The third-order valence-electron chi connectivity index (χ3n) is 3.68. The van der Waals surface area contributed by atoms with E-state index in [-0.39, 0.29) is 18.6 Å². The predicted octanol–water partition coefficient (Wildman–Crippen LogP) is 3.10. The molecule has 144 valence electrons. The molecule has 7 heteroatoms. The molecule has 1 N–H and O–H groups in total. The fourth-order valence-corrected chi connectivity index (χ4v) is 2.35. The molecule has 0 fully saturated rings. The first-order chi connectivity index (χ1) is 13.5. The maximum Gasteiger partial charge on any atom is 0.306 e. The zero-order chi connectivity index (χ0) is 20.4. The van der Waals surface area contributed by atoms with Crippen LogP contribution in [0, 0.1) is 11.3 Å². The van der Waals surface area contributed by atoms with E-state index in [1.165, 1.54) is 6.07 Å². The summed E-state index contributed by atoms with van der Waals surface area (Å²) >= 11 is 0. The molecule has 1 amide bonds. The average molecular weight is 380 g/mol. The standard InChI is InChI=1S/C21H20N2O5/c1-2-27-18-8-6-16(7-9-18)19(24)10-11-21(26)28-14-20(25)23-17-5-3-4-15(12-17)13-22/h3-9,12H,2,10-11,14H2,1H3,(H,23,25). The molecule has 7 nitrogen and oxygen atoms in total. The van der Waals surface area contributed by atoms with Crippen LogP contribution in [0.4, 0.5) is 5.69 Å². The number of amides is 1. The summed E-state index contributed by atoms with van der Waals surface area (Å²) in [6.07, 6.45) is -0.137. The number of esters is 1. The van der Waals surface area contributed by atoms with E-state index in [0.717, 1.165) is 0 Å². The highest BCUT2D eigenvalue weighted by Gasteiger charge is 2.12. The number of nitriles is 1. The number of carbonyl (C=O) groups excluding carboxylic acids is 3. The molecule has 0 saturated heterocycles. The summed E-state index contributed by atoms with van der Waals surface area (Å²) < 4.78 is 10.2. The van der Waals surface area contributed by atoms with Gasteiger partial charge < -0.3 is 14.8 Å². The van der Waals surface area contributed by atoms with Crippen LogP contribution in [0.2, 0.25) is 0 Å². The highest BCUT2D eigenvalue weighted by molar-refractivity contribution is 5.98. The molecule has 2 aromatic carbocycles. The van der Waals surface area contributed by atoms with Gasteiger partial charge in [-0.1, -0.05) is 6.07 Å². The van der Waals surface area contributed by atoms with Gasteiger partial charge in [0.1, 0.15) is 5.75 Å². The van der Waals surface area contributed by atoms with Crippen molar-refractivity contribution in [1.29, 1.82) is 5.26 Å². The number of ether oxygens (including phenoxy) is 2. The number of hydrogen-bond donors (Lipinski definition) is 1. The lowest BCUT2D eigenvalue weighted by molar-refractivity contribution is -0.147. The molecule has 0 radical (unpaired) electrons. The van der Waals surface area contributed by atoms with Gasteiger partial charge in [-0.15, -0.1) is 0 Å². The van der Waals surface area contributed by atoms with Crippen molar-refractivity contribution in [2.75, 3.05) is 18.5 Å². The Kier molecular flexibility index (Phi) is 7.73. The first kappa shape index (κ1) is 20.6. The largest absolute Gasteiger partial charge is 0.494 e. The van der Waals surface area contributed by atoms with Crippen molar-refractivity contribution in [1.82, 2.24) is 0 Å². The predicted molar refractivity (Wildman–Crippen MR) is 102 cm³/mol. The van der Waals surface area contributed by atoms with E-state index >= 15 is 0 Å². The molecule has 0 heterocycles. The molecular formula is C21H20N2O5. The molecule has 0 aromatic heterocycles. The van der Waals surface area contributed by atoms with Gasteiger partial charge in [0.15, 0.2) is 12.4 Å². The second kappa shape index (κ2) is 10.5. The fourth-order valence-electron chi connectivity index (χ4n) is 2.35. The van der Waals surface area contributed by atoms with E-state index in [9.17, 15) is 14.4 Å². The van der Waals surface area contributed by atoms with Gasteiger partial charge in [0.25, 0.3) is 5.91 Å². The summed E-state index contributed by atoms with van der Waals surface area (Å²) in [5.74, 6) is -0.691. The van der Waals surface area contributed by atoms with E-state index < -0.39 is 18.5 Å². The Morgan fingerprint density at radius 2 is 1.82 bits per heavy atom. The average Bonchev–Trinajstić information content (AvgIpc) is 2.71. The molecule has 28 heavy (non-hydrogen) atoms.